The maximum Gasteiger partial charge on any atom is 0.228 e. The lowest BCUT2D eigenvalue weighted by atomic mass is 10.1. The number of anilines is 1. The highest BCUT2D eigenvalue weighted by molar-refractivity contribution is 6.35. The summed E-state index contributed by atoms with van der Waals surface area (Å²) in [7, 11) is 1.38. The van der Waals surface area contributed by atoms with Crippen LogP contribution in [0.15, 0.2) is 36.4 Å². The van der Waals surface area contributed by atoms with Gasteiger partial charge in [-0.05, 0) is 35.9 Å². The van der Waals surface area contributed by atoms with Crippen LogP contribution in [0.5, 0.6) is 5.75 Å². The predicted molar refractivity (Wildman–Crippen MR) is 81.7 cm³/mol. The summed E-state index contributed by atoms with van der Waals surface area (Å²) in [6.07, 6.45) is 0.0328. The lowest BCUT2D eigenvalue weighted by molar-refractivity contribution is -0.115. The highest BCUT2D eigenvalue weighted by Gasteiger charge is 2.09. The normalized spacial score (nSPS) is 10.3. The van der Waals surface area contributed by atoms with Crippen LogP contribution in [-0.2, 0) is 11.2 Å². The van der Waals surface area contributed by atoms with Crippen molar-refractivity contribution in [3.63, 3.8) is 0 Å². The number of rotatable bonds is 4. The number of hydrogen-bond acceptors (Lipinski definition) is 2. The smallest absolute Gasteiger partial charge is 0.228 e. The van der Waals surface area contributed by atoms with E-state index >= 15 is 0 Å². The van der Waals surface area contributed by atoms with Gasteiger partial charge in [-0.15, -0.1) is 0 Å². The number of benzene rings is 2. The Morgan fingerprint density at radius 2 is 1.86 bits per heavy atom. The lowest BCUT2D eigenvalue weighted by Crippen LogP contribution is -2.14. The van der Waals surface area contributed by atoms with Crippen LogP contribution in [0.4, 0.5) is 10.1 Å². The van der Waals surface area contributed by atoms with Crippen LogP contribution in [0.3, 0.4) is 0 Å². The second-order valence-electron chi connectivity index (χ2n) is 4.35. The highest BCUT2D eigenvalue weighted by Crippen LogP contribution is 2.23. The number of ether oxygens (including phenoxy) is 1. The molecule has 6 heteroatoms. The Labute approximate surface area is 131 Å². The monoisotopic (exact) mass is 327 g/mol. The topological polar surface area (TPSA) is 38.3 Å². The van der Waals surface area contributed by atoms with E-state index in [-0.39, 0.29) is 18.1 Å². The summed E-state index contributed by atoms with van der Waals surface area (Å²) in [5.41, 5.74) is 1.03. The van der Waals surface area contributed by atoms with Gasteiger partial charge in [0, 0.05) is 15.7 Å². The van der Waals surface area contributed by atoms with Crippen molar-refractivity contribution in [3.05, 3.63) is 57.8 Å². The summed E-state index contributed by atoms with van der Waals surface area (Å²) in [6, 6.07) is 9.11. The summed E-state index contributed by atoms with van der Waals surface area (Å²) in [5.74, 6) is -0.660. The van der Waals surface area contributed by atoms with Crippen molar-refractivity contribution in [2.45, 2.75) is 6.42 Å². The molecule has 0 aliphatic heterocycles. The van der Waals surface area contributed by atoms with E-state index in [1.54, 1.807) is 24.3 Å². The molecule has 0 saturated heterocycles. The van der Waals surface area contributed by atoms with Gasteiger partial charge in [0.05, 0.1) is 13.5 Å². The number of hydrogen-bond donors (Lipinski definition) is 1. The SMILES string of the molecule is COc1ccc(CC(=O)Nc2cc(Cl)cc(Cl)c2)cc1F. The number of carbonyl (C=O) groups excluding carboxylic acids is 1. The molecule has 2 aromatic rings. The molecule has 0 saturated carbocycles. The van der Waals surface area contributed by atoms with Crippen LogP contribution in [-0.4, -0.2) is 13.0 Å². The van der Waals surface area contributed by atoms with Gasteiger partial charge in [0.2, 0.25) is 5.91 Å². The number of nitrogens with one attached hydrogen (secondary N) is 1. The number of carbonyl (C=O) groups is 1. The first-order valence-corrected chi connectivity index (χ1v) is 6.82. The minimum atomic E-state index is -0.506. The third-order valence-corrected chi connectivity index (χ3v) is 3.16. The molecule has 2 rings (SSSR count). The van der Waals surface area contributed by atoms with Gasteiger partial charge in [0.15, 0.2) is 11.6 Å². The van der Waals surface area contributed by atoms with Crippen LogP contribution in [0.2, 0.25) is 10.0 Å². The second kappa shape index (κ2) is 6.78. The molecule has 0 aliphatic carbocycles. The van der Waals surface area contributed by atoms with Gasteiger partial charge in [0.1, 0.15) is 0 Å². The van der Waals surface area contributed by atoms with Gasteiger partial charge >= 0.3 is 0 Å². The largest absolute Gasteiger partial charge is 0.494 e. The van der Waals surface area contributed by atoms with Crippen molar-refractivity contribution in [2.24, 2.45) is 0 Å². The number of amides is 1. The van der Waals surface area contributed by atoms with Crippen molar-refractivity contribution in [2.75, 3.05) is 12.4 Å². The van der Waals surface area contributed by atoms with Gasteiger partial charge in [-0.3, -0.25) is 4.79 Å². The number of methoxy groups -OCH3 is 1. The van der Waals surface area contributed by atoms with E-state index < -0.39 is 5.82 Å². The molecular weight excluding hydrogens is 316 g/mol. The fraction of sp³-hybridized carbons (Fsp3) is 0.133. The third kappa shape index (κ3) is 4.34. The van der Waals surface area contributed by atoms with Crippen molar-refractivity contribution in [3.8, 4) is 5.75 Å². The van der Waals surface area contributed by atoms with Gasteiger partial charge < -0.3 is 10.1 Å². The fourth-order valence-corrected chi connectivity index (χ4v) is 2.36. The maximum atomic E-state index is 13.5. The van der Waals surface area contributed by atoms with Crippen LogP contribution in [0.1, 0.15) is 5.56 Å². The van der Waals surface area contributed by atoms with E-state index in [4.69, 9.17) is 27.9 Å². The standard InChI is InChI=1S/C15H12Cl2FNO2/c1-21-14-3-2-9(4-13(14)18)5-15(20)19-12-7-10(16)6-11(17)8-12/h2-4,6-8H,5H2,1H3,(H,19,20). The molecule has 0 spiro atoms. The summed E-state index contributed by atoms with van der Waals surface area (Å²) < 4.78 is 18.4. The van der Waals surface area contributed by atoms with E-state index in [1.807, 2.05) is 0 Å². The molecule has 0 radical (unpaired) electrons. The summed E-state index contributed by atoms with van der Waals surface area (Å²) >= 11 is 11.7. The molecule has 2 aromatic carbocycles. The molecule has 3 nitrogen and oxygen atoms in total. The molecule has 110 valence electrons. The molecule has 0 aromatic heterocycles. The summed E-state index contributed by atoms with van der Waals surface area (Å²) in [6.45, 7) is 0. The first-order valence-electron chi connectivity index (χ1n) is 6.06. The zero-order valence-corrected chi connectivity index (χ0v) is 12.6. The zero-order valence-electron chi connectivity index (χ0n) is 11.1. The molecule has 0 bridgehead atoms. The summed E-state index contributed by atoms with van der Waals surface area (Å²) in [4.78, 5) is 11.9. The molecular formula is C15H12Cl2FNO2. The molecule has 0 fully saturated rings. The van der Waals surface area contributed by atoms with Crippen LogP contribution >= 0.6 is 23.2 Å². The lowest BCUT2D eigenvalue weighted by Gasteiger charge is -2.08. The van der Waals surface area contributed by atoms with Gasteiger partial charge in [-0.2, -0.15) is 0 Å². The van der Waals surface area contributed by atoms with E-state index in [9.17, 15) is 9.18 Å². The molecule has 1 N–H and O–H groups in total. The van der Waals surface area contributed by atoms with E-state index in [0.717, 1.165) is 0 Å². The van der Waals surface area contributed by atoms with Crippen LogP contribution < -0.4 is 10.1 Å². The molecule has 0 heterocycles. The zero-order chi connectivity index (χ0) is 15.4. The second-order valence-corrected chi connectivity index (χ2v) is 5.22. The average molecular weight is 328 g/mol. The Morgan fingerprint density at radius 3 is 2.43 bits per heavy atom. The molecule has 1 amide bonds. The average Bonchev–Trinajstić information content (AvgIpc) is 2.37. The van der Waals surface area contributed by atoms with Gasteiger partial charge in [0.25, 0.3) is 0 Å². The Hall–Kier alpha value is -1.78. The predicted octanol–water partition coefficient (Wildman–Crippen LogP) is 4.32. The highest BCUT2D eigenvalue weighted by atomic mass is 35.5. The van der Waals surface area contributed by atoms with Crippen LogP contribution in [0, 0.1) is 5.82 Å². The van der Waals surface area contributed by atoms with Crippen molar-refractivity contribution in [1.82, 2.24) is 0 Å². The van der Waals surface area contributed by atoms with E-state index in [2.05, 4.69) is 5.32 Å². The van der Waals surface area contributed by atoms with Gasteiger partial charge in [-0.1, -0.05) is 29.3 Å². The first-order chi connectivity index (χ1) is 9.97. The first kappa shape index (κ1) is 15.6. The van der Waals surface area contributed by atoms with Crippen LogP contribution in [0.25, 0.3) is 0 Å². The Kier molecular flexibility index (Phi) is 5.04. The van der Waals surface area contributed by atoms with Crippen molar-refractivity contribution < 1.29 is 13.9 Å². The molecule has 0 atom stereocenters. The fourth-order valence-electron chi connectivity index (χ4n) is 1.84. The molecule has 0 aliphatic rings. The summed E-state index contributed by atoms with van der Waals surface area (Å²) in [5, 5.41) is 3.51. The van der Waals surface area contributed by atoms with Gasteiger partial charge in [-0.25, -0.2) is 4.39 Å². The number of halogens is 3. The van der Waals surface area contributed by atoms with E-state index in [0.29, 0.717) is 21.3 Å². The minimum absolute atomic E-state index is 0.0328. The van der Waals surface area contributed by atoms with Crippen molar-refractivity contribution >= 4 is 34.8 Å². The Morgan fingerprint density at radius 1 is 1.19 bits per heavy atom. The quantitative estimate of drug-likeness (QED) is 0.908. The van der Waals surface area contributed by atoms with Crippen molar-refractivity contribution in [1.29, 1.82) is 0 Å². The Bertz CT molecular complexity index is 656. The third-order valence-electron chi connectivity index (χ3n) is 2.73. The Balaban J connectivity index is 2.06. The van der Waals surface area contributed by atoms with E-state index in [1.165, 1.54) is 19.2 Å². The minimum Gasteiger partial charge on any atom is -0.494 e. The molecule has 21 heavy (non-hydrogen) atoms. The molecule has 0 unspecified atom stereocenters. The maximum absolute atomic E-state index is 13.5.